The highest BCUT2D eigenvalue weighted by molar-refractivity contribution is 7.09. The Morgan fingerprint density at radius 1 is 1.29 bits per heavy atom. The van der Waals surface area contributed by atoms with Gasteiger partial charge in [-0.25, -0.2) is 0 Å². The van der Waals surface area contributed by atoms with E-state index in [1.54, 1.807) is 11.3 Å². The van der Waals surface area contributed by atoms with Gasteiger partial charge in [0, 0.05) is 30.9 Å². The van der Waals surface area contributed by atoms with Crippen molar-refractivity contribution < 1.29 is 0 Å². The van der Waals surface area contributed by atoms with E-state index < -0.39 is 0 Å². The molecular weight excluding hydrogens is 278 g/mol. The van der Waals surface area contributed by atoms with Crippen LogP contribution in [0.1, 0.15) is 22.8 Å². The van der Waals surface area contributed by atoms with E-state index in [1.165, 1.54) is 16.9 Å². The van der Waals surface area contributed by atoms with Crippen LogP contribution in [-0.2, 0) is 6.54 Å². The Labute approximate surface area is 130 Å². The summed E-state index contributed by atoms with van der Waals surface area (Å²) in [6, 6.07) is 15.0. The van der Waals surface area contributed by atoms with Gasteiger partial charge >= 0.3 is 0 Å². The molecule has 1 saturated heterocycles. The molecule has 1 aliphatic rings. The molecule has 1 aromatic heterocycles. The van der Waals surface area contributed by atoms with Gasteiger partial charge in [0.2, 0.25) is 0 Å². The van der Waals surface area contributed by atoms with Gasteiger partial charge in [0.1, 0.15) is 0 Å². The highest BCUT2D eigenvalue weighted by Gasteiger charge is 2.25. The largest absolute Gasteiger partial charge is 0.351 e. The average Bonchev–Trinajstić information content (AvgIpc) is 3.20. The number of hydrogen-bond acceptors (Lipinski definition) is 2. The summed E-state index contributed by atoms with van der Waals surface area (Å²) < 4.78 is 0. The molecular formula is C17H21N3S. The number of aliphatic imine (C=N–C) groups is 1. The van der Waals surface area contributed by atoms with Crippen LogP contribution in [0.5, 0.6) is 0 Å². The smallest absolute Gasteiger partial charge is 0.193 e. The van der Waals surface area contributed by atoms with Crippen LogP contribution >= 0.6 is 11.3 Å². The van der Waals surface area contributed by atoms with Crippen LogP contribution in [0, 0.1) is 0 Å². The van der Waals surface area contributed by atoms with Gasteiger partial charge in [-0.15, -0.1) is 11.3 Å². The van der Waals surface area contributed by atoms with Gasteiger partial charge in [0.25, 0.3) is 0 Å². The molecule has 1 atom stereocenters. The predicted octanol–water partition coefficient (Wildman–Crippen LogP) is 3.31. The molecule has 1 aromatic carbocycles. The van der Waals surface area contributed by atoms with E-state index in [4.69, 9.17) is 0 Å². The quantitative estimate of drug-likeness (QED) is 0.695. The van der Waals surface area contributed by atoms with Crippen LogP contribution in [0.3, 0.4) is 0 Å². The van der Waals surface area contributed by atoms with Crippen molar-refractivity contribution in [2.75, 3.05) is 20.1 Å². The molecule has 0 spiro atoms. The summed E-state index contributed by atoms with van der Waals surface area (Å²) in [4.78, 5) is 8.14. The summed E-state index contributed by atoms with van der Waals surface area (Å²) >= 11 is 1.78. The SMILES string of the molecule is CN=C(NCc1cccs1)N1CCC(c2ccccc2)C1. The van der Waals surface area contributed by atoms with Crippen LogP contribution in [0.2, 0.25) is 0 Å². The minimum Gasteiger partial charge on any atom is -0.351 e. The van der Waals surface area contributed by atoms with Gasteiger partial charge in [-0.05, 0) is 23.4 Å². The normalized spacial score (nSPS) is 19.0. The van der Waals surface area contributed by atoms with Crippen molar-refractivity contribution in [1.82, 2.24) is 10.2 Å². The fourth-order valence-corrected chi connectivity index (χ4v) is 3.51. The number of nitrogens with zero attached hydrogens (tertiary/aromatic N) is 2. The summed E-state index contributed by atoms with van der Waals surface area (Å²) in [6.45, 7) is 2.98. The van der Waals surface area contributed by atoms with E-state index in [1.807, 2.05) is 7.05 Å². The van der Waals surface area contributed by atoms with Gasteiger partial charge in [-0.2, -0.15) is 0 Å². The van der Waals surface area contributed by atoms with Crippen molar-refractivity contribution >= 4 is 17.3 Å². The molecule has 3 nitrogen and oxygen atoms in total. The van der Waals surface area contributed by atoms with Crippen molar-refractivity contribution in [2.45, 2.75) is 18.9 Å². The molecule has 0 saturated carbocycles. The number of likely N-dealkylation sites (tertiary alicyclic amines) is 1. The van der Waals surface area contributed by atoms with Gasteiger partial charge in [-0.3, -0.25) is 4.99 Å². The Morgan fingerprint density at radius 3 is 2.86 bits per heavy atom. The van der Waals surface area contributed by atoms with Crippen molar-refractivity contribution in [3.63, 3.8) is 0 Å². The number of guanidine groups is 1. The van der Waals surface area contributed by atoms with E-state index in [0.29, 0.717) is 5.92 Å². The molecule has 0 amide bonds. The second kappa shape index (κ2) is 6.76. The topological polar surface area (TPSA) is 27.6 Å². The number of rotatable bonds is 3. The van der Waals surface area contributed by atoms with Crippen molar-refractivity contribution in [3.05, 3.63) is 58.3 Å². The lowest BCUT2D eigenvalue weighted by molar-refractivity contribution is 0.486. The van der Waals surface area contributed by atoms with E-state index in [2.05, 4.69) is 63.1 Å². The first-order valence-corrected chi connectivity index (χ1v) is 8.27. The first-order valence-electron chi connectivity index (χ1n) is 7.40. The van der Waals surface area contributed by atoms with E-state index >= 15 is 0 Å². The first-order chi connectivity index (χ1) is 10.4. The Bertz CT molecular complexity index is 577. The second-order valence-electron chi connectivity index (χ2n) is 5.32. The molecule has 4 heteroatoms. The molecule has 21 heavy (non-hydrogen) atoms. The maximum atomic E-state index is 4.43. The molecule has 2 heterocycles. The Hall–Kier alpha value is -1.81. The number of thiophene rings is 1. The van der Waals surface area contributed by atoms with Crippen LogP contribution < -0.4 is 5.32 Å². The Morgan fingerprint density at radius 2 is 2.14 bits per heavy atom. The summed E-state index contributed by atoms with van der Waals surface area (Å²) in [5.74, 6) is 1.63. The van der Waals surface area contributed by atoms with E-state index in [-0.39, 0.29) is 0 Å². The third kappa shape index (κ3) is 3.45. The summed E-state index contributed by atoms with van der Waals surface area (Å²) in [5.41, 5.74) is 1.44. The molecule has 3 rings (SSSR count). The maximum Gasteiger partial charge on any atom is 0.193 e. The minimum absolute atomic E-state index is 0.617. The zero-order chi connectivity index (χ0) is 14.5. The van der Waals surface area contributed by atoms with Crippen molar-refractivity contribution in [2.24, 2.45) is 4.99 Å². The molecule has 1 aliphatic heterocycles. The molecule has 110 valence electrons. The molecule has 1 unspecified atom stereocenters. The lowest BCUT2D eigenvalue weighted by Crippen LogP contribution is -2.39. The molecule has 0 radical (unpaired) electrons. The summed E-state index contributed by atoms with van der Waals surface area (Å²) in [6.07, 6.45) is 1.20. The van der Waals surface area contributed by atoms with Gasteiger partial charge in [0.05, 0.1) is 6.54 Å². The standard InChI is InChI=1S/C17H21N3S/c1-18-17(19-12-16-8-5-11-21-16)20-10-9-15(13-20)14-6-3-2-4-7-14/h2-8,11,15H,9-10,12-13H2,1H3,(H,18,19). The lowest BCUT2D eigenvalue weighted by atomic mass is 9.99. The third-order valence-corrected chi connectivity index (χ3v) is 4.85. The first kappa shape index (κ1) is 14.1. The number of nitrogens with one attached hydrogen (secondary N) is 1. The Balaban J connectivity index is 1.59. The van der Waals surface area contributed by atoms with E-state index in [9.17, 15) is 0 Å². The van der Waals surface area contributed by atoms with Crippen LogP contribution in [0.4, 0.5) is 0 Å². The lowest BCUT2D eigenvalue weighted by Gasteiger charge is -2.21. The van der Waals surface area contributed by atoms with Crippen LogP contribution in [0.25, 0.3) is 0 Å². The third-order valence-electron chi connectivity index (χ3n) is 3.97. The summed E-state index contributed by atoms with van der Waals surface area (Å²) in [5, 5.41) is 5.58. The van der Waals surface area contributed by atoms with Crippen molar-refractivity contribution in [3.8, 4) is 0 Å². The zero-order valence-corrected chi connectivity index (χ0v) is 13.1. The number of hydrogen-bond donors (Lipinski definition) is 1. The summed E-state index contributed by atoms with van der Waals surface area (Å²) in [7, 11) is 1.87. The van der Waals surface area contributed by atoms with Gasteiger partial charge < -0.3 is 10.2 Å². The highest BCUT2D eigenvalue weighted by atomic mass is 32.1. The van der Waals surface area contributed by atoms with Crippen molar-refractivity contribution in [1.29, 1.82) is 0 Å². The molecule has 1 fully saturated rings. The zero-order valence-electron chi connectivity index (χ0n) is 12.3. The fourth-order valence-electron chi connectivity index (χ4n) is 2.86. The maximum absolute atomic E-state index is 4.43. The van der Waals surface area contributed by atoms with Crippen LogP contribution in [-0.4, -0.2) is 31.0 Å². The molecule has 0 aliphatic carbocycles. The predicted molar refractivity (Wildman–Crippen MR) is 89.9 cm³/mol. The van der Waals surface area contributed by atoms with Gasteiger partial charge in [0.15, 0.2) is 5.96 Å². The monoisotopic (exact) mass is 299 g/mol. The number of benzene rings is 1. The highest BCUT2D eigenvalue weighted by Crippen LogP contribution is 2.26. The average molecular weight is 299 g/mol. The molecule has 0 bridgehead atoms. The molecule has 2 aromatic rings. The Kier molecular flexibility index (Phi) is 4.55. The van der Waals surface area contributed by atoms with Crippen LogP contribution in [0.15, 0.2) is 52.8 Å². The second-order valence-corrected chi connectivity index (χ2v) is 6.35. The van der Waals surface area contributed by atoms with Gasteiger partial charge in [-0.1, -0.05) is 36.4 Å². The minimum atomic E-state index is 0.617. The van der Waals surface area contributed by atoms with E-state index in [0.717, 1.165) is 25.6 Å². The molecule has 1 N–H and O–H groups in total. The fraction of sp³-hybridized carbons (Fsp3) is 0.353.